The summed E-state index contributed by atoms with van der Waals surface area (Å²) in [6.45, 7) is 5.60. The Labute approximate surface area is 102 Å². The molecule has 1 heterocycles. The smallest absolute Gasteiger partial charge is 0.0421 e. The molecule has 0 aliphatic carbocycles. The van der Waals surface area contributed by atoms with E-state index in [1.54, 1.807) is 0 Å². The van der Waals surface area contributed by atoms with Crippen molar-refractivity contribution >= 4 is 11.8 Å². The largest absolute Gasteiger partial charge is 0.303 e. The van der Waals surface area contributed by atoms with E-state index < -0.39 is 0 Å². The lowest BCUT2D eigenvalue weighted by Gasteiger charge is -2.23. The third kappa shape index (κ3) is 3.51. The molecule has 0 bridgehead atoms. The Morgan fingerprint density at radius 1 is 1.38 bits per heavy atom. The van der Waals surface area contributed by atoms with E-state index in [9.17, 15) is 0 Å². The van der Waals surface area contributed by atoms with E-state index in [-0.39, 0.29) is 0 Å². The maximum absolute atomic E-state index is 3.53. The average Bonchev–Trinajstić information content (AvgIpc) is 2.82. The van der Waals surface area contributed by atoms with Crippen molar-refractivity contribution in [3.05, 3.63) is 35.9 Å². The summed E-state index contributed by atoms with van der Waals surface area (Å²) >= 11 is 2.00. The van der Waals surface area contributed by atoms with E-state index in [0.29, 0.717) is 6.04 Å². The van der Waals surface area contributed by atoms with Gasteiger partial charge < -0.3 is 5.32 Å². The number of nitrogens with zero attached hydrogens (tertiary/aromatic N) is 1. The molecule has 1 fully saturated rings. The molecule has 1 atom stereocenters. The summed E-state index contributed by atoms with van der Waals surface area (Å²) in [6, 6.07) is 11.4. The van der Waals surface area contributed by atoms with Gasteiger partial charge in [-0.3, -0.25) is 4.90 Å². The SMILES string of the molecule is CCN(Cc1ccccc1)CC1CSCN1. The zero-order valence-corrected chi connectivity index (χ0v) is 10.7. The van der Waals surface area contributed by atoms with Crippen molar-refractivity contribution in [1.82, 2.24) is 10.2 Å². The van der Waals surface area contributed by atoms with Gasteiger partial charge in [0.15, 0.2) is 0 Å². The van der Waals surface area contributed by atoms with Crippen LogP contribution in [0, 0.1) is 0 Å². The zero-order valence-electron chi connectivity index (χ0n) is 9.86. The Kier molecular flexibility index (Phi) is 4.69. The predicted molar refractivity (Wildman–Crippen MR) is 71.6 cm³/mol. The molecule has 1 saturated heterocycles. The fourth-order valence-electron chi connectivity index (χ4n) is 2.01. The molecule has 0 amide bonds. The monoisotopic (exact) mass is 236 g/mol. The average molecular weight is 236 g/mol. The fourth-order valence-corrected chi connectivity index (χ4v) is 2.99. The van der Waals surface area contributed by atoms with Crippen molar-refractivity contribution in [3.63, 3.8) is 0 Å². The van der Waals surface area contributed by atoms with Crippen LogP contribution in [0.25, 0.3) is 0 Å². The van der Waals surface area contributed by atoms with Crippen LogP contribution in [0.5, 0.6) is 0 Å². The Morgan fingerprint density at radius 3 is 2.81 bits per heavy atom. The minimum atomic E-state index is 0.675. The maximum atomic E-state index is 3.53. The lowest BCUT2D eigenvalue weighted by Crippen LogP contribution is -2.38. The molecule has 0 aromatic heterocycles. The molecular formula is C13H20N2S. The standard InChI is InChI=1S/C13H20N2S/c1-2-15(9-13-10-16-11-14-13)8-12-6-4-3-5-7-12/h3-7,13-14H,2,8-11H2,1H3. The van der Waals surface area contributed by atoms with Gasteiger partial charge in [-0.15, -0.1) is 11.8 Å². The lowest BCUT2D eigenvalue weighted by molar-refractivity contribution is 0.258. The van der Waals surface area contributed by atoms with E-state index in [4.69, 9.17) is 0 Å². The van der Waals surface area contributed by atoms with E-state index >= 15 is 0 Å². The fraction of sp³-hybridized carbons (Fsp3) is 0.538. The van der Waals surface area contributed by atoms with Gasteiger partial charge >= 0.3 is 0 Å². The molecular weight excluding hydrogens is 216 g/mol. The van der Waals surface area contributed by atoms with Gasteiger partial charge in [0.05, 0.1) is 0 Å². The molecule has 1 N–H and O–H groups in total. The second-order valence-corrected chi connectivity index (χ2v) is 5.26. The summed E-state index contributed by atoms with van der Waals surface area (Å²) in [7, 11) is 0. The predicted octanol–water partition coefficient (Wildman–Crippen LogP) is 2.17. The molecule has 0 spiro atoms. The first-order valence-corrected chi connectivity index (χ1v) is 7.11. The molecule has 16 heavy (non-hydrogen) atoms. The van der Waals surface area contributed by atoms with Gasteiger partial charge in [0.2, 0.25) is 0 Å². The van der Waals surface area contributed by atoms with Crippen LogP contribution >= 0.6 is 11.8 Å². The van der Waals surface area contributed by atoms with Gasteiger partial charge in [-0.25, -0.2) is 0 Å². The van der Waals surface area contributed by atoms with Crippen molar-refractivity contribution in [2.75, 3.05) is 24.7 Å². The molecule has 0 saturated carbocycles. The van der Waals surface area contributed by atoms with Gasteiger partial charge in [-0.1, -0.05) is 37.3 Å². The highest BCUT2D eigenvalue weighted by molar-refractivity contribution is 7.99. The first kappa shape index (κ1) is 12.0. The highest BCUT2D eigenvalue weighted by atomic mass is 32.2. The van der Waals surface area contributed by atoms with Crippen LogP contribution in [0.4, 0.5) is 0 Å². The number of likely N-dealkylation sites (N-methyl/N-ethyl adjacent to an activating group) is 1. The topological polar surface area (TPSA) is 15.3 Å². The van der Waals surface area contributed by atoms with Crippen LogP contribution in [-0.2, 0) is 6.54 Å². The normalized spacial score (nSPS) is 20.5. The van der Waals surface area contributed by atoms with Crippen molar-refractivity contribution in [2.45, 2.75) is 19.5 Å². The minimum absolute atomic E-state index is 0.675. The molecule has 1 aliphatic rings. The number of rotatable bonds is 5. The Hall–Kier alpha value is -0.510. The summed E-state index contributed by atoms with van der Waals surface area (Å²) in [5.41, 5.74) is 1.41. The summed E-state index contributed by atoms with van der Waals surface area (Å²) in [4.78, 5) is 2.51. The van der Waals surface area contributed by atoms with Crippen LogP contribution in [0.3, 0.4) is 0 Å². The van der Waals surface area contributed by atoms with Crippen LogP contribution < -0.4 is 5.32 Å². The highest BCUT2D eigenvalue weighted by Crippen LogP contribution is 2.12. The van der Waals surface area contributed by atoms with Gasteiger partial charge in [-0.2, -0.15) is 0 Å². The molecule has 2 rings (SSSR count). The quantitative estimate of drug-likeness (QED) is 0.843. The molecule has 88 valence electrons. The third-order valence-electron chi connectivity index (χ3n) is 2.97. The molecule has 1 aliphatic heterocycles. The minimum Gasteiger partial charge on any atom is -0.303 e. The summed E-state index contributed by atoms with van der Waals surface area (Å²) in [6.07, 6.45) is 0. The number of nitrogens with one attached hydrogen (secondary N) is 1. The van der Waals surface area contributed by atoms with Crippen LogP contribution in [0.1, 0.15) is 12.5 Å². The molecule has 1 unspecified atom stereocenters. The number of hydrogen-bond acceptors (Lipinski definition) is 3. The number of benzene rings is 1. The van der Waals surface area contributed by atoms with Gasteiger partial charge in [0.1, 0.15) is 0 Å². The number of thioether (sulfide) groups is 1. The van der Waals surface area contributed by atoms with Gasteiger partial charge in [-0.05, 0) is 12.1 Å². The second-order valence-electron chi connectivity index (χ2n) is 4.23. The Balaban J connectivity index is 1.85. The second kappa shape index (κ2) is 6.28. The van der Waals surface area contributed by atoms with E-state index in [1.165, 1.54) is 17.9 Å². The lowest BCUT2D eigenvalue weighted by atomic mass is 10.2. The molecule has 0 radical (unpaired) electrons. The van der Waals surface area contributed by atoms with E-state index in [0.717, 1.165) is 19.0 Å². The maximum Gasteiger partial charge on any atom is 0.0421 e. The van der Waals surface area contributed by atoms with Crippen LogP contribution in [0.15, 0.2) is 30.3 Å². The van der Waals surface area contributed by atoms with Crippen molar-refractivity contribution in [1.29, 1.82) is 0 Å². The van der Waals surface area contributed by atoms with Crippen molar-refractivity contribution in [2.24, 2.45) is 0 Å². The zero-order chi connectivity index (χ0) is 11.2. The molecule has 1 aromatic carbocycles. The van der Waals surface area contributed by atoms with Crippen molar-refractivity contribution in [3.8, 4) is 0 Å². The van der Waals surface area contributed by atoms with E-state index in [1.807, 2.05) is 11.8 Å². The van der Waals surface area contributed by atoms with Crippen LogP contribution in [-0.4, -0.2) is 35.7 Å². The van der Waals surface area contributed by atoms with Gasteiger partial charge in [0, 0.05) is 30.8 Å². The van der Waals surface area contributed by atoms with Gasteiger partial charge in [0.25, 0.3) is 0 Å². The summed E-state index contributed by atoms with van der Waals surface area (Å²) in [5, 5.41) is 3.53. The first-order chi connectivity index (χ1) is 7.88. The molecule has 3 heteroatoms. The molecule has 1 aromatic rings. The van der Waals surface area contributed by atoms with E-state index in [2.05, 4.69) is 47.5 Å². The highest BCUT2D eigenvalue weighted by Gasteiger charge is 2.17. The third-order valence-corrected chi connectivity index (χ3v) is 3.98. The summed E-state index contributed by atoms with van der Waals surface area (Å²) < 4.78 is 0. The summed E-state index contributed by atoms with van der Waals surface area (Å²) in [5.74, 6) is 2.37. The molecule has 2 nitrogen and oxygen atoms in total. The first-order valence-electron chi connectivity index (χ1n) is 5.96. The van der Waals surface area contributed by atoms with Crippen molar-refractivity contribution < 1.29 is 0 Å². The van der Waals surface area contributed by atoms with Crippen LogP contribution in [0.2, 0.25) is 0 Å². The Bertz CT molecular complexity index is 296. The Morgan fingerprint density at radius 2 is 2.19 bits per heavy atom. The number of hydrogen-bond donors (Lipinski definition) is 1.